The Labute approximate surface area is 136 Å². The molecule has 0 bridgehead atoms. The average molecular weight is 318 g/mol. The zero-order chi connectivity index (χ0) is 16.3. The van der Waals surface area contributed by atoms with Crippen molar-refractivity contribution < 1.29 is 23.7 Å². The van der Waals surface area contributed by atoms with Gasteiger partial charge in [0.1, 0.15) is 24.7 Å². The highest BCUT2D eigenvalue weighted by Gasteiger charge is 2.13. The van der Waals surface area contributed by atoms with E-state index in [1.54, 1.807) is 14.2 Å². The lowest BCUT2D eigenvalue weighted by Gasteiger charge is -2.20. The smallest absolute Gasteiger partial charge is 0.223 e. The van der Waals surface area contributed by atoms with Crippen LogP contribution < -0.4 is 9.47 Å². The summed E-state index contributed by atoms with van der Waals surface area (Å²) in [4.78, 5) is 0. The summed E-state index contributed by atoms with van der Waals surface area (Å²) in [5.41, 5.74) is 0. The molecular formula is C18H22O5. The second-order valence-corrected chi connectivity index (χ2v) is 4.73. The van der Waals surface area contributed by atoms with Crippen molar-refractivity contribution in [3.05, 3.63) is 60.7 Å². The summed E-state index contributed by atoms with van der Waals surface area (Å²) >= 11 is 0. The maximum absolute atomic E-state index is 5.67. The molecule has 0 amide bonds. The normalized spacial score (nSPS) is 13.3. The van der Waals surface area contributed by atoms with Gasteiger partial charge in [-0.1, -0.05) is 36.4 Å². The molecule has 2 unspecified atom stereocenters. The molecule has 5 heteroatoms. The minimum Gasteiger partial charge on any atom is -0.462 e. The Hall–Kier alpha value is -2.08. The van der Waals surface area contributed by atoms with E-state index in [0.717, 1.165) is 11.5 Å². The van der Waals surface area contributed by atoms with E-state index in [2.05, 4.69) is 0 Å². The van der Waals surface area contributed by atoms with Crippen molar-refractivity contribution in [2.45, 2.75) is 12.6 Å². The van der Waals surface area contributed by atoms with Crippen LogP contribution in [0.15, 0.2) is 60.7 Å². The second-order valence-electron chi connectivity index (χ2n) is 4.73. The first kappa shape index (κ1) is 17.3. The minimum absolute atomic E-state index is 0.267. The fraction of sp³-hybridized carbons (Fsp3) is 0.333. The maximum atomic E-state index is 5.67. The van der Waals surface area contributed by atoms with E-state index < -0.39 is 12.6 Å². The average Bonchev–Trinajstić information content (AvgIpc) is 2.61. The zero-order valence-corrected chi connectivity index (χ0v) is 13.4. The summed E-state index contributed by atoms with van der Waals surface area (Å²) in [6, 6.07) is 18.9. The maximum Gasteiger partial charge on any atom is 0.223 e. The van der Waals surface area contributed by atoms with Gasteiger partial charge in [0.25, 0.3) is 0 Å². The molecule has 5 nitrogen and oxygen atoms in total. The Morgan fingerprint density at radius 2 is 1.04 bits per heavy atom. The number of rotatable bonds is 10. The summed E-state index contributed by atoms with van der Waals surface area (Å²) in [7, 11) is 3.15. The van der Waals surface area contributed by atoms with Gasteiger partial charge in [-0.25, -0.2) is 0 Å². The highest BCUT2D eigenvalue weighted by atomic mass is 16.7. The van der Waals surface area contributed by atoms with E-state index in [0.29, 0.717) is 0 Å². The van der Waals surface area contributed by atoms with Crippen molar-refractivity contribution in [1.82, 2.24) is 0 Å². The Bertz CT molecular complexity index is 482. The highest BCUT2D eigenvalue weighted by Crippen LogP contribution is 2.13. The fourth-order valence-electron chi connectivity index (χ4n) is 1.86. The molecule has 0 saturated carbocycles. The third-order valence-electron chi connectivity index (χ3n) is 3.06. The van der Waals surface area contributed by atoms with E-state index in [-0.39, 0.29) is 13.2 Å². The van der Waals surface area contributed by atoms with Crippen LogP contribution in [0.1, 0.15) is 0 Å². The van der Waals surface area contributed by atoms with Crippen LogP contribution in [0.5, 0.6) is 11.5 Å². The van der Waals surface area contributed by atoms with Crippen LogP contribution in [-0.4, -0.2) is 40.0 Å². The van der Waals surface area contributed by atoms with Crippen LogP contribution >= 0.6 is 0 Å². The molecule has 0 radical (unpaired) electrons. The van der Waals surface area contributed by atoms with Crippen molar-refractivity contribution in [2.24, 2.45) is 0 Å². The van der Waals surface area contributed by atoms with Crippen molar-refractivity contribution in [3.8, 4) is 11.5 Å². The van der Waals surface area contributed by atoms with Gasteiger partial charge in [0.15, 0.2) is 0 Å². The molecule has 0 N–H and O–H groups in total. The molecule has 0 aliphatic rings. The first-order valence-corrected chi connectivity index (χ1v) is 7.38. The van der Waals surface area contributed by atoms with Crippen LogP contribution in [0.3, 0.4) is 0 Å². The van der Waals surface area contributed by atoms with Crippen molar-refractivity contribution in [3.63, 3.8) is 0 Å². The minimum atomic E-state index is -0.494. The molecular weight excluding hydrogens is 296 g/mol. The summed E-state index contributed by atoms with van der Waals surface area (Å²) < 4.78 is 27.4. The van der Waals surface area contributed by atoms with E-state index in [1.807, 2.05) is 60.7 Å². The SMILES string of the molecule is COC(COCC(OC)Oc1ccccc1)Oc1ccccc1. The molecule has 0 fully saturated rings. The lowest BCUT2D eigenvalue weighted by Crippen LogP contribution is -2.30. The van der Waals surface area contributed by atoms with Crippen LogP contribution in [0, 0.1) is 0 Å². The Balaban J connectivity index is 1.75. The van der Waals surface area contributed by atoms with Crippen molar-refractivity contribution >= 4 is 0 Å². The molecule has 2 rings (SSSR count). The van der Waals surface area contributed by atoms with Crippen molar-refractivity contribution in [2.75, 3.05) is 27.4 Å². The predicted molar refractivity (Wildman–Crippen MR) is 86.6 cm³/mol. The summed E-state index contributed by atoms with van der Waals surface area (Å²) in [5, 5.41) is 0. The Morgan fingerprint density at radius 3 is 1.39 bits per heavy atom. The summed E-state index contributed by atoms with van der Waals surface area (Å²) in [6.07, 6.45) is -0.988. The number of hydrogen-bond donors (Lipinski definition) is 0. The van der Waals surface area contributed by atoms with Crippen molar-refractivity contribution in [1.29, 1.82) is 0 Å². The molecule has 0 saturated heterocycles. The summed E-state index contributed by atoms with van der Waals surface area (Å²) in [5.74, 6) is 1.46. The van der Waals surface area contributed by atoms with Gasteiger partial charge < -0.3 is 23.7 Å². The van der Waals surface area contributed by atoms with Crippen LogP contribution in [0.4, 0.5) is 0 Å². The number of para-hydroxylation sites is 2. The van der Waals surface area contributed by atoms with Gasteiger partial charge in [0.05, 0.1) is 0 Å². The number of benzene rings is 2. The van der Waals surface area contributed by atoms with Gasteiger partial charge in [-0.15, -0.1) is 0 Å². The molecule has 0 aliphatic heterocycles. The Kier molecular flexibility index (Phi) is 7.39. The molecule has 0 spiro atoms. The second kappa shape index (κ2) is 9.84. The van der Waals surface area contributed by atoms with Crippen LogP contribution in [0.25, 0.3) is 0 Å². The molecule has 2 aromatic carbocycles. The molecule has 2 atom stereocenters. The largest absolute Gasteiger partial charge is 0.462 e. The van der Waals surface area contributed by atoms with E-state index >= 15 is 0 Å². The van der Waals surface area contributed by atoms with Gasteiger partial charge in [0, 0.05) is 14.2 Å². The fourth-order valence-corrected chi connectivity index (χ4v) is 1.86. The number of hydrogen-bond acceptors (Lipinski definition) is 5. The number of ether oxygens (including phenoxy) is 5. The zero-order valence-electron chi connectivity index (χ0n) is 13.4. The summed E-state index contributed by atoms with van der Waals surface area (Å²) in [6.45, 7) is 0.535. The van der Waals surface area contributed by atoms with Gasteiger partial charge in [0.2, 0.25) is 12.6 Å². The first-order valence-electron chi connectivity index (χ1n) is 7.38. The van der Waals surface area contributed by atoms with Crippen LogP contribution in [-0.2, 0) is 14.2 Å². The lowest BCUT2D eigenvalue weighted by molar-refractivity contribution is -0.143. The van der Waals surface area contributed by atoms with Gasteiger partial charge >= 0.3 is 0 Å². The molecule has 0 aromatic heterocycles. The molecule has 0 aliphatic carbocycles. The van der Waals surface area contributed by atoms with Gasteiger partial charge in [-0.2, -0.15) is 0 Å². The van der Waals surface area contributed by atoms with E-state index in [4.69, 9.17) is 23.7 Å². The highest BCUT2D eigenvalue weighted by molar-refractivity contribution is 5.21. The monoisotopic (exact) mass is 318 g/mol. The standard InChI is InChI=1S/C18H22O5/c1-19-17(22-15-9-5-3-6-10-15)13-21-14-18(20-2)23-16-11-7-4-8-12-16/h3-12,17-18H,13-14H2,1-2H3. The molecule has 23 heavy (non-hydrogen) atoms. The lowest BCUT2D eigenvalue weighted by atomic mass is 10.3. The Morgan fingerprint density at radius 1 is 0.652 bits per heavy atom. The predicted octanol–water partition coefficient (Wildman–Crippen LogP) is 3.11. The number of methoxy groups -OCH3 is 2. The van der Waals surface area contributed by atoms with E-state index in [1.165, 1.54) is 0 Å². The third-order valence-corrected chi connectivity index (χ3v) is 3.06. The molecule has 2 aromatic rings. The van der Waals surface area contributed by atoms with Gasteiger partial charge in [-0.05, 0) is 24.3 Å². The van der Waals surface area contributed by atoms with Gasteiger partial charge in [-0.3, -0.25) is 0 Å². The topological polar surface area (TPSA) is 46.2 Å². The van der Waals surface area contributed by atoms with Crippen LogP contribution in [0.2, 0.25) is 0 Å². The third kappa shape index (κ3) is 6.28. The first-order chi connectivity index (χ1) is 11.3. The van der Waals surface area contributed by atoms with E-state index in [9.17, 15) is 0 Å². The quantitative estimate of drug-likeness (QED) is 0.630. The molecule has 124 valence electrons. The molecule has 0 heterocycles.